The first-order valence-corrected chi connectivity index (χ1v) is 40.2. The van der Waals surface area contributed by atoms with Crippen LogP contribution in [-0.4, -0.2) is 87.4 Å². The third-order valence-corrected chi connectivity index (χ3v) is 18.4. The molecule has 0 aromatic carbocycles. The Bertz CT molecular complexity index is 1590. The fraction of sp³-hybridized carbons (Fsp3) is 0.890. The van der Waals surface area contributed by atoms with E-state index in [1.807, 2.05) is 21.1 Å². The Morgan fingerprint density at radius 3 is 0.879 bits per heavy atom. The number of carboxylic acid groups (broad SMARTS) is 1. The molecule has 0 bridgehead atoms. The van der Waals surface area contributed by atoms with Crippen LogP contribution in [0.4, 0.5) is 0 Å². The minimum absolute atomic E-state index is 0.174. The highest BCUT2D eigenvalue weighted by Crippen LogP contribution is 2.20. The molecule has 536 valence electrons. The Morgan fingerprint density at radius 1 is 0.330 bits per heavy atom. The van der Waals surface area contributed by atoms with Crippen molar-refractivity contribution in [1.29, 1.82) is 0 Å². The van der Waals surface area contributed by atoms with E-state index in [4.69, 9.17) is 18.9 Å². The van der Waals surface area contributed by atoms with E-state index < -0.39 is 18.4 Å². The zero-order valence-electron chi connectivity index (χ0n) is 61.5. The molecular formula is C82H156NO8+. The van der Waals surface area contributed by atoms with Crippen LogP contribution in [0.15, 0.2) is 36.5 Å². The SMILES string of the molecule is CCCCCCC/C=C\C/C=C\C/C=C\CCCCCCCCCCCCCCCCCCCCCCCCCCC(=O)OC(COC(=O)CCCCCCCCCCCCCCCCCCCCCCCCCCCCC)COC(OCC[N+](C)(C)C)C(=O)O. The first-order chi connectivity index (χ1) is 44.6. The number of carbonyl (C=O) groups is 3. The summed E-state index contributed by atoms with van der Waals surface area (Å²) in [5.41, 5.74) is 0. The minimum Gasteiger partial charge on any atom is -0.477 e. The molecule has 9 heteroatoms. The summed E-state index contributed by atoms with van der Waals surface area (Å²) in [6.45, 7) is 4.95. The number of hydrogen-bond donors (Lipinski definition) is 1. The normalized spacial score (nSPS) is 12.8. The van der Waals surface area contributed by atoms with Gasteiger partial charge in [-0.25, -0.2) is 4.79 Å². The van der Waals surface area contributed by atoms with Gasteiger partial charge >= 0.3 is 17.9 Å². The molecular weight excluding hydrogens is 1130 g/mol. The van der Waals surface area contributed by atoms with Crippen molar-refractivity contribution in [3.8, 4) is 0 Å². The Kier molecular flexibility index (Phi) is 71.3. The van der Waals surface area contributed by atoms with E-state index in [0.29, 0.717) is 17.4 Å². The fourth-order valence-electron chi connectivity index (χ4n) is 12.3. The van der Waals surface area contributed by atoms with E-state index in [9.17, 15) is 19.5 Å². The number of hydrogen-bond acceptors (Lipinski definition) is 7. The molecule has 91 heavy (non-hydrogen) atoms. The van der Waals surface area contributed by atoms with Crippen molar-refractivity contribution >= 4 is 17.9 Å². The van der Waals surface area contributed by atoms with Crippen LogP contribution in [0, 0.1) is 0 Å². The van der Waals surface area contributed by atoms with E-state index in [-0.39, 0.29) is 38.2 Å². The molecule has 0 saturated heterocycles. The van der Waals surface area contributed by atoms with E-state index in [1.54, 1.807) is 0 Å². The lowest BCUT2D eigenvalue weighted by Gasteiger charge is -2.25. The summed E-state index contributed by atoms with van der Waals surface area (Å²) in [7, 11) is 6.00. The first kappa shape index (κ1) is 88.5. The summed E-state index contributed by atoms with van der Waals surface area (Å²) < 4.78 is 23.1. The highest BCUT2D eigenvalue weighted by Gasteiger charge is 2.25. The van der Waals surface area contributed by atoms with Crippen LogP contribution in [0.1, 0.15) is 412 Å². The molecule has 0 fully saturated rings. The molecule has 0 aliphatic carbocycles. The van der Waals surface area contributed by atoms with E-state index in [1.165, 1.54) is 334 Å². The summed E-state index contributed by atoms with van der Waals surface area (Å²) in [5, 5.41) is 9.77. The second kappa shape index (κ2) is 73.3. The molecule has 0 aromatic rings. The number of carboxylic acids is 1. The van der Waals surface area contributed by atoms with Gasteiger partial charge < -0.3 is 28.5 Å². The molecule has 9 nitrogen and oxygen atoms in total. The fourth-order valence-corrected chi connectivity index (χ4v) is 12.3. The molecule has 2 atom stereocenters. The Labute approximate surface area is 566 Å². The quantitative estimate of drug-likeness (QED) is 0.0211. The zero-order valence-corrected chi connectivity index (χ0v) is 61.5. The van der Waals surface area contributed by atoms with Gasteiger partial charge in [-0.2, -0.15) is 0 Å². The van der Waals surface area contributed by atoms with Crippen LogP contribution in [0.5, 0.6) is 0 Å². The van der Waals surface area contributed by atoms with Crippen LogP contribution in [0.3, 0.4) is 0 Å². The van der Waals surface area contributed by atoms with Crippen molar-refractivity contribution in [3.63, 3.8) is 0 Å². The predicted octanol–water partition coefficient (Wildman–Crippen LogP) is 25.5. The minimum atomic E-state index is -1.51. The van der Waals surface area contributed by atoms with Gasteiger partial charge in [-0.15, -0.1) is 0 Å². The number of nitrogens with zero attached hydrogens (tertiary/aromatic N) is 1. The molecule has 0 rings (SSSR count). The first-order valence-electron chi connectivity index (χ1n) is 40.2. The number of likely N-dealkylation sites (N-methyl/N-ethyl adjacent to an activating group) is 1. The number of aliphatic carboxylic acids is 1. The maximum atomic E-state index is 13.0. The lowest BCUT2D eigenvalue weighted by molar-refractivity contribution is -0.870. The third-order valence-electron chi connectivity index (χ3n) is 18.4. The Hall–Kier alpha value is -2.49. The van der Waals surface area contributed by atoms with E-state index >= 15 is 0 Å². The second-order valence-electron chi connectivity index (χ2n) is 28.7. The van der Waals surface area contributed by atoms with Crippen molar-refractivity contribution in [2.24, 2.45) is 0 Å². The molecule has 0 aliphatic rings. The molecule has 0 aromatic heterocycles. The third kappa shape index (κ3) is 74.8. The number of allylic oxidation sites excluding steroid dienone is 6. The monoisotopic (exact) mass is 1280 g/mol. The van der Waals surface area contributed by atoms with Gasteiger partial charge in [0.05, 0.1) is 34.4 Å². The average molecular weight is 1280 g/mol. The van der Waals surface area contributed by atoms with Gasteiger partial charge in [0.1, 0.15) is 13.2 Å². The largest absolute Gasteiger partial charge is 0.477 e. The van der Waals surface area contributed by atoms with Crippen LogP contribution >= 0.6 is 0 Å². The molecule has 1 N–H and O–H groups in total. The topological polar surface area (TPSA) is 108 Å². The van der Waals surface area contributed by atoms with Crippen LogP contribution in [0.25, 0.3) is 0 Å². The van der Waals surface area contributed by atoms with Crippen molar-refractivity contribution in [2.75, 3.05) is 47.5 Å². The Balaban J connectivity index is 3.95. The number of esters is 2. The van der Waals surface area contributed by atoms with Gasteiger partial charge in [-0.1, -0.05) is 384 Å². The molecule has 0 radical (unpaired) electrons. The van der Waals surface area contributed by atoms with Crippen molar-refractivity contribution in [1.82, 2.24) is 0 Å². The van der Waals surface area contributed by atoms with Gasteiger partial charge in [0, 0.05) is 12.8 Å². The number of rotatable bonds is 76. The molecule has 0 saturated carbocycles. The summed E-state index contributed by atoms with van der Waals surface area (Å²) in [6, 6.07) is 0. The summed E-state index contributed by atoms with van der Waals surface area (Å²) in [6.07, 6.45) is 91.6. The standard InChI is InChI=1S/C82H155NO8/c1-6-8-10-12-14-16-18-20-22-24-26-28-30-32-34-35-36-37-38-39-40-41-42-43-44-45-47-49-51-53-55-57-59-61-63-65-67-69-71-73-80(85)91-78(77-90-82(81(86)87)88-75-74-83(3,4)5)76-89-79(84)72-70-68-66-64-62-60-58-56-54-52-50-48-46-33-31-29-27-25-23-21-19-17-15-13-11-9-7-2/h18,20,24,26,30,32,78,82H,6-17,19,21-23,25,27-29,31,33-77H2,1-5H3/p+1/b20-18-,26-24-,32-30-. The van der Waals surface area contributed by atoms with Gasteiger partial charge in [-0.05, 0) is 51.4 Å². The average Bonchev–Trinajstić information content (AvgIpc) is 3.46. The van der Waals surface area contributed by atoms with Gasteiger partial charge in [-0.3, -0.25) is 9.59 Å². The Morgan fingerprint density at radius 2 is 0.593 bits per heavy atom. The molecule has 0 aliphatic heterocycles. The summed E-state index contributed by atoms with van der Waals surface area (Å²) >= 11 is 0. The van der Waals surface area contributed by atoms with Gasteiger partial charge in [0.25, 0.3) is 6.29 Å². The number of quaternary nitrogens is 1. The number of carbonyl (C=O) groups excluding carboxylic acids is 2. The van der Waals surface area contributed by atoms with Crippen LogP contribution in [0.2, 0.25) is 0 Å². The molecule has 2 unspecified atom stereocenters. The van der Waals surface area contributed by atoms with Crippen molar-refractivity contribution in [2.45, 2.75) is 424 Å². The zero-order chi connectivity index (χ0) is 66.1. The van der Waals surface area contributed by atoms with Crippen LogP contribution in [-0.2, 0) is 33.3 Å². The van der Waals surface area contributed by atoms with E-state index in [0.717, 1.165) is 51.4 Å². The van der Waals surface area contributed by atoms with Gasteiger partial charge in [0.2, 0.25) is 0 Å². The van der Waals surface area contributed by atoms with Crippen molar-refractivity contribution < 1.29 is 42.9 Å². The summed E-state index contributed by atoms with van der Waals surface area (Å²) in [5.74, 6) is -1.97. The highest BCUT2D eigenvalue weighted by molar-refractivity contribution is 5.71. The highest BCUT2D eigenvalue weighted by atomic mass is 16.7. The van der Waals surface area contributed by atoms with Crippen molar-refractivity contribution in [3.05, 3.63) is 36.5 Å². The predicted molar refractivity (Wildman–Crippen MR) is 392 cm³/mol. The number of ether oxygens (including phenoxy) is 4. The molecule has 0 amide bonds. The molecule has 0 heterocycles. The lowest BCUT2D eigenvalue weighted by atomic mass is 10.0. The maximum absolute atomic E-state index is 13.0. The second-order valence-corrected chi connectivity index (χ2v) is 28.7. The van der Waals surface area contributed by atoms with Crippen LogP contribution < -0.4 is 0 Å². The number of unbranched alkanes of at least 4 members (excludes halogenated alkanes) is 55. The summed E-state index contributed by atoms with van der Waals surface area (Å²) in [4.78, 5) is 37.7. The van der Waals surface area contributed by atoms with E-state index in [2.05, 4.69) is 50.3 Å². The maximum Gasteiger partial charge on any atom is 0.361 e. The molecule has 0 spiro atoms. The lowest BCUT2D eigenvalue weighted by Crippen LogP contribution is -2.40. The van der Waals surface area contributed by atoms with Gasteiger partial charge in [0.15, 0.2) is 6.10 Å². The smallest absolute Gasteiger partial charge is 0.361 e.